The molecule has 2 N–H and O–H groups in total. The maximum absolute atomic E-state index is 11.4. The molecule has 0 atom stereocenters. The summed E-state index contributed by atoms with van der Waals surface area (Å²) in [5.74, 6) is -0.0689. The van der Waals surface area contributed by atoms with Gasteiger partial charge in [-0.2, -0.15) is 0 Å². The number of carbonyl (C=O) groups excluding carboxylic acids is 1. The molecule has 0 aliphatic rings. The lowest BCUT2D eigenvalue weighted by molar-refractivity contribution is -0.116. The van der Waals surface area contributed by atoms with Crippen molar-refractivity contribution < 1.29 is 19.4 Å². The molecule has 1 aromatic heterocycles. The highest BCUT2D eigenvalue weighted by Crippen LogP contribution is 2.35. The Kier molecular flexibility index (Phi) is 2.90. The third-order valence-electron chi connectivity index (χ3n) is 3.25. The number of Topliss-reactive ketones (excluding diaryl/α,β-unsaturated/α-hetero) is 1. The molecule has 0 fully saturated rings. The van der Waals surface area contributed by atoms with Crippen LogP contribution < -0.4 is 5.43 Å². The molecule has 3 rings (SSSR count). The number of phenolic OH excluding ortho intramolecular Hbond substituents is 1. The Morgan fingerprint density at radius 2 is 1.90 bits per heavy atom. The maximum atomic E-state index is 11.4. The van der Waals surface area contributed by atoms with Crippen molar-refractivity contribution in [3.8, 4) is 11.5 Å². The summed E-state index contributed by atoms with van der Waals surface area (Å²) in [6, 6.07) is 7.07. The smallest absolute Gasteiger partial charge is 0.182 e. The summed E-state index contributed by atoms with van der Waals surface area (Å²) in [5, 5.41) is 21.3. The number of carbonyl (C=O) groups is 1. The van der Waals surface area contributed by atoms with E-state index in [1.54, 1.807) is 12.1 Å². The van der Waals surface area contributed by atoms with Crippen molar-refractivity contribution >= 4 is 27.5 Å². The van der Waals surface area contributed by atoms with Crippen molar-refractivity contribution in [3.05, 3.63) is 46.3 Å². The SMILES string of the molecule is CC(=O)Cc1cc(O)c2ccc3cc(=O)cc(O)c3c2o1. The van der Waals surface area contributed by atoms with E-state index in [1.165, 1.54) is 19.1 Å². The van der Waals surface area contributed by atoms with Crippen LogP contribution >= 0.6 is 0 Å². The van der Waals surface area contributed by atoms with Gasteiger partial charge in [0, 0.05) is 12.1 Å². The van der Waals surface area contributed by atoms with Crippen LogP contribution in [0.4, 0.5) is 0 Å². The Balaban J connectivity index is 2.44. The Labute approximate surface area is 119 Å². The van der Waals surface area contributed by atoms with Crippen LogP contribution in [0, 0.1) is 0 Å². The number of hydrogen-bond donors (Lipinski definition) is 2. The van der Waals surface area contributed by atoms with Gasteiger partial charge in [0.15, 0.2) is 5.43 Å². The molecule has 0 amide bonds. The number of hydrogen-bond acceptors (Lipinski definition) is 5. The van der Waals surface area contributed by atoms with Crippen LogP contribution in [0.2, 0.25) is 0 Å². The lowest BCUT2D eigenvalue weighted by Gasteiger charge is -2.08. The number of ketones is 1. The van der Waals surface area contributed by atoms with Crippen LogP contribution in [0.3, 0.4) is 0 Å². The standard InChI is InChI=1S/C16H12O5/c1-8(17)4-11-7-13(19)12-3-2-9-5-10(18)6-14(20)15(9)16(12)21-11/h2-3,5-7,19-20H,4H2,1H3. The molecule has 0 aliphatic heterocycles. The molecule has 1 heterocycles. The molecule has 0 saturated carbocycles. The normalized spacial score (nSPS) is 11.1. The summed E-state index contributed by atoms with van der Waals surface area (Å²) in [5.41, 5.74) is -0.0651. The summed E-state index contributed by atoms with van der Waals surface area (Å²) in [6.45, 7) is 1.42. The van der Waals surface area contributed by atoms with E-state index in [2.05, 4.69) is 0 Å². The van der Waals surface area contributed by atoms with E-state index >= 15 is 0 Å². The van der Waals surface area contributed by atoms with Crippen LogP contribution in [0.1, 0.15) is 12.7 Å². The van der Waals surface area contributed by atoms with Crippen molar-refractivity contribution in [2.45, 2.75) is 13.3 Å². The zero-order valence-corrected chi connectivity index (χ0v) is 11.2. The molecule has 5 heteroatoms. The largest absolute Gasteiger partial charge is 0.507 e. The summed E-state index contributed by atoms with van der Waals surface area (Å²) in [7, 11) is 0. The third-order valence-corrected chi connectivity index (χ3v) is 3.25. The fourth-order valence-electron chi connectivity index (χ4n) is 2.42. The second-order valence-electron chi connectivity index (χ2n) is 4.96. The fraction of sp³-hybridized carbons (Fsp3) is 0.125. The van der Waals surface area contributed by atoms with Crippen molar-refractivity contribution in [1.82, 2.24) is 0 Å². The monoisotopic (exact) mass is 284 g/mol. The minimum atomic E-state index is -0.316. The highest BCUT2D eigenvalue weighted by molar-refractivity contribution is 6.08. The Morgan fingerprint density at radius 1 is 1.14 bits per heavy atom. The molecule has 0 radical (unpaired) electrons. The quantitative estimate of drug-likeness (QED) is 0.706. The first-order valence-electron chi connectivity index (χ1n) is 6.36. The van der Waals surface area contributed by atoms with Crippen molar-refractivity contribution in [1.29, 1.82) is 0 Å². The molecule has 0 bridgehead atoms. The van der Waals surface area contributed by atoms with Gasteiger partial charge in [-0.15, -0.1) is 0 Å². The minimum Gasteiger partial charge on any atom is -0.507 e. The highest BCUT2D eigenvalue weighted by Gasteiger charge is 2.13. The van der Waals surface area contributed by atoms with Gasteiger partial charge in [0.1, 0.15) is 28.6 Å². The van der Waals surface area contributed by atoms with E-state index in [4.69, 9.17) is 4.42 Å². The first kappa shape index (κ1) is 13.2. The molecule has 0 unspecified atom stereocenters. The van der Waals surface area contributed by atoms with Crippen LogP contribution in [0.25, 0.3) is 21.7 Å². The molecule has 0 spiro atoms. The molecule has 0 saturated heterocycles. The van der Waals surface area contributed by atoms with E-state index in [0.717, 1.165) is 6.07 Å². The highest BCUT2D eigenvalue weighted by atomic mass is 16.3. The van der Waals surface area contributed by atoms with Gasteiger partial charge in [-0.05, 0) is 24.4 Å². The number of phenols is 1. The average molecular weight is 284 g/mol. The van der Waals surface area contributed by atoms with Gasteiger partial charge in [0.2, 0.25) is 0 Å². The summed E-state index contributed by atoms with van der Waals surface area (Å²) in [4.78, 5) is 22.6. The maximum Gasteiger partial charge on any atom is 0.182 e. The zero-order valence-electron chi connectivity index (χ0n) is 11.2. The Hall–Kier alpha value is -2.82. The molecule has 3 aromatic rings. The van der Waals surface area contributed by atoms with Crippen molar-refractivity contribution in [2.75, 3.05) is 0 Å². The summed E-state index contributed by atoms with van der Waals surface area (Å²) < 4.78 is 5.64. The predicted octanol–water partition coefficient (Wildman–Crippen LogP) is 2.49. The number of benzene rings is 2. The Morgan fingerprint density at radius 3 is 2.62 bits per heavy atom. The molecule has 5 nitrogen and oxygen atoms in total. The topological polar surface area (TPSA) is 87.7 Å². The first-order valence-corrected chi connectivity index (χ1v) is 6.36. The van der Waals surface area contributed by atoms with E-state index in [9.17, 15) is 19.8 Å². The van der Waals surface area contributed by atoms with E-state index in [0.29, 0.717) is 21.9 Å². The zero-order chi connectivity index (χ0) is 15.1. The first-order chi connectivity index (χ1) is 9.95. The Bertz CT molecular complexity index is 937. The molecule has 0 aliphatic carbocycles. The van der Waals surface area contributed by atoms with Gasteiger partial charge >= 0.3 is 0 Å². The van der Waals surface area contributed by atoms with Gasteiger partial charge in [-0.3, -0.25) is 9.59 Å². The van der Waals surface area contributed by atoms with E-state index in [-0.39, 0.29) is 34.7 Å². The number of rotatable bonds is 2. The van der Waals surface area contributed by atoms with Crippen molar-refractivity contribution in [2.24, 2.45) is 0 Å². The van der Waals surface area contributed by atoms with Crippen LogP contribution in [0.5, 0.6) is 11.5 Å². The molecule has 2 aromatic carbocycles. The summed E-state index contributed by atoms with van der Waals surface area (Å²) >= 11 is 0. The lowest BCUT2D eigenvalue weighted by atomic mass is 10.0. The number of fused-ring (bicyclic) bond motifs is 3. The second kappa shape index (κ2) is 4.63. The van der Waals surface area contributed by atoms with Gasteiger partial charge < -0.3 is 14.6 Å². The number of aromatic hydroxyl groups is 2. The minimum absolute atomic E-state index is 0.0417. The van der Waals surface area contributed by atoms with Crippen LogP contribution in [-0.2, 0) is 11.2 Å². The van der Waals surface area contributed by atoms with Gasteiger partial charge in [-0.1, -0.05) is 6.07 Å². The summed E-state index contributed by atoms with van der Waals surface area (Å²) in [6.07, 6.45) is 0.0420. The second-order valence-corrected chi connectivity index (χ2v) is 4.96. The fourth-order valence-corrected chi connectivity index (χ4v) is 2.42. The molecular weight excluding hydrogens is 272 g/mol. The van der Waals surface area contributed by atoms with Gasteiger partial charge in [0.25, 0.3) is 0 Å². The van der Waals surface area contributed by atoms with Gasteiger partial charge in [-0.25, -0.2) is 0 Å². The third kappa shape index (κ3) is 2.23. The predicted molar refractivity (Wildman–Crippen MR) is 77.7 cm³/mol. The van der Waals surface area contributed by atoms with E-state index < -0.39 is 0 Å². The molecule has 106 valence electrons. The molecular formula is C16H12O5. The lowest BCUT2D eigenvalue weighted by Crippen LogP contribution is -1.98. The van der Waals surface area contributed by atoms with Gasteiger partial charge in [0.05, 0.1) is 17.2 Å². The molecule has 21 heavy (non-hydrogen) atoms. The van der Waals surface area contributed by atoms with Crippen molar-refractivity contribution in [3.63, 3.8) is 0 Å². The average Bonchev–Trinajstić information content (AvgIpc) is 2.36. The van der Waals surface area contributed by atoms with Crippen LogP contribution in [0.15, 0.2) is 39.5 Å². The van der Waals surface area contributed by atoms with E-state index in [1.807, 2.05) is 0 Å². The van der Waals surface area contributed by atoms with Crippen LogP contribution in [-0.4, -0.2) is 16.0 Å².